The number of aromatic amines is 1. The summed E-state index contributed by atoms with van der Waals surface area (Å²) in [7, 11) is 0. The highest BCUT2D eigenvalue weighted by atomic mass is 16.2. The van der Waals surface area contributed by atoms with Gasteiger partial charge in [0.05, 0.1) is 17.1 Å². The number of nitrogens with one attached hydrogen (secondary N) is 3. The molecule has 0 spiro atoms. The second-order valence-corrected chi connectivity index (χ2v) is 7.43. The first kappa shape index (κ1) is 19.6. The van der Waals surface area contributed by atoms with Gasteiger partial charge in [-0.2, -0.15) is 0 Å². The Morgan fingerprint density at radius 3 is 2.43 bits per heavy atom. The van der Waals surface area contributed by atoms with E-state index in [2.05, 4.69) is 20.6 Å². The van der Waals surface area contributed by atoms with Crippen LogP contribution in [0.1, 0.15) is 48.6 Å². The Balaban J connectivity index is 1.70. The number of fused-ring (bicyclic) bond motifs is 1. The van der Waals surface area contributed by atoms with Crippen molar-refractivity contribution in [2.75, 3.05) is 0 Å². The predicted octanol–water partition coefficient (Wildman–Crippen LogP) is 3.50. The van der Waals surface area contributed by atoms with Gasteiger partial charge in [-0.25, -0.2) is 4.98 Å². The van der Waals surface area contributed by atoms with Gasteiger partial charge >= 0.3 is 0 Å². The summed E-state index contributed by atoms with van der Waals surface area (Å²) in [6.07, 6.45) is 0. The van der Waals surface area contributed by atoms with E-state index >= 15 is 0 Å². The highest BCUT2D eigenvalue weighted by Gasteiger charge is 2.25. The fourth-order valence-electron chi connectivity index (χ4n) is 3.08. The molecular formula is C22H26N4O2. The second kappa shape index (κ2) is 8.25. The van der Waals surface area contributed by atoms with E-state index in [9.17, 15) is 9.59 Å². The second-order valence-electron chi connectivity index (χ2n) is 7.43. The van der Waals surface area contributed by atoms with E-state index < -0.39 is 6.04 Å². The van der Waals surface area contributed by atoms with E-state index in [0.717, 1.165) is 16.6 Å². The number of aryl methyl sites for hydroxylation is 1. The lowest BCUT2D eigenvalue weighted by atomic mass is 10.0. The predicted molar refractivity (Wildman–Crippen MR) is 110 cm³/mol. The Bertz CT molecular complexity index is 960. The molecule has 6 heteroatoms. The van der Waals surface area contributed by atoms with Crippen molar-refractivity contribution in [2.24, 2.45) is 5.92 Å². The van der Waals surface area contributed by atoms with Gasteiger partial charge in [0.2, 0.25) is 5.91 Å². The van der Waals surface area contributed by atoms with Gasteiger partial charge in [-0.15, -0.1) is 0 Å². The number of H-pyrrole nitrogens is 1. The molecule has 0 fully saturated rings. The van der Waals surface area contributed by atoms with Crippen LogP contribution in [-0.4, -0.2) is 27.8 Å². The molecule has 6 nitrogen and oxygen atoms in total. The SMILES string of the molecule is Cc1cccc(C(=O)N[C@H](C)C(=O)N[C@@H](c2nc3ccccc3[nH]2)C(C)C)c1. The highest BCUT2D eigenvalue weighted by molar-refractivity contribution is 5.97. The Morgan fingerprint density at radius 2 is 1.75 bits per heavy atom. The average molecular weight is 378 g/mol. The van der Waals surface area contributed by atoms with Crippen LogP contribution < -0.4 is 10.6 Å². The highest BCUT2D eigenvalue weighted by Crippen LogP contribution is 2.22. The van der Waals surface area contributed by atoms with E-state index in [0.29, 0.717) is 11.4 Å². The number of benzene rings is 2. The van der Waals surface area contributed by atoms with Crippen molar-refractivity contribution >= 4 is 22.8 Å². The van der Waals surface area contributed by atoms with E-state index in [4.69, 9.17) is 0 Å². The quantitative estimate of drug-likeness (QED) is 0.613. The molecular weight excluding hydrogens is 352 g/mol. The Morgan fingerprint density at radius 1 is 1.00 bits per heavy atom. The van der Waals surface area contributed by atoms with Crippen molar-refractivity contribution in [3.63, 3.8) is 0 Å². The Labute approximate surface area is 164 Å². The standard InChI is InChI=1S/C22H26N4O2/c1-13(2)19(20-24-17-10-5-6-11-18(17)25-20)26-21(27)15(4)23-22(28)16-9-7-8-14(3)12-16/h5-13,15,19H,1-4H3,(H,23,28)(H,24,25)(H,26,27)/t15-,19-/m1/s1. The maximum atomic E-state index is 12.7. The summed E-state index contributed by atoms with van der Waals surface area (Å²) >= 11 is 0. The minimum Gasteiger partial charge on any atom is -0.344 e. The molecule has 3 aromatic rings. The molecule has 1 aromatic heterocycles. The number of hydrogen-bond donors (Lipinski definition) is 3. The molecule has 2 amide bonds. The number of amides is 2. The number of aromatic nitrogens is 2. The Kier molecular flexibility index (Phi) is 5.78. The van der Waals surface area contributed by atoms with Gasteiger partial charge in [0.25, 0.3) is 5.91 Å². The first-order valence-electron chi connectivity index (χ1n) is 9.47. The van der Waals surface area contributed by atoms with Crippen LogP contribution in [0.15, 0.2) is 48.5 Å². The molecule has 0 saturated heterocycles. The van der Waals surface area contributed by atoms with Crippen LogP contribution in [0.5, 0.6) is 0 Å². The number of rotatable bonds is 6. The molecule has 2 atom stereocenters. The molecule has 3 rings (SSSR count). The zero-order valence-electron chi connectivity index (χ0n) is 16.6. The largest absolute Gasteiger partial charge is 0.344 e. The summed E-state index contributed by atoms with van der Waals surface area (Å²) in [5.41, 5.74) is 3.32. The molecule has 0 aliphatic rings. The lowest BCUT2D eigenvalue weighted by Gasteiger charge is -2.23. The number of hydrogen-bond acceptors (Lipinski definition) is 3. The van der Waals surface area contributed by atoms with Gasteiger partial charge in [0.1, 0.15) is 11.9 Å². The van der Waals surface area contributed by atoms with E-state index in [1.165, 1.54) is 0 Å². The van der Waals surface area contributed by atoms with Gasteiger partial charge < -0.3 is 15.6 Å². The van der Waals surface area contributed by atoms with Crippen LogP contribution in [-0.2, 0) is 4.79 Å². The number of carbonyl (C=O) groups is 2. The summed E-state index contributed by atoms with van der Waals surface area (Å²) in [5, 5.41) is 5.78. The van der Waals surface area contributed by atoms with Gasteiger partial charge in [-0.3, -0.25) is 9.59 Å². The maximum absolute atomic E-state index is 12.7. The molecule has 1 heterocycles. The average Bonchev–Trinajstić information content (AvgIpc) is 3.09. The third-order valence-electron chi connectivity index (χ3n) is 4.69. The topological polar surface area (TPSA) is 86.9 Å². The number of para-hydroxylation sites is 2. The van der Waals surface area contributed by atoms with Crippen LogP contribution in [0.2, 0.25) is 0 Å². The summed E-state index contributed by atoms with van der Waals surface area (Å²) in [6, 6.07) is 14.1. The fourth-order valence-corrected chi connectivity index (χ4v) is 3.08. The third-order valence-corrected chi connectivity index (χ3v) is 4.69. The van der Waals surface area contributed by atoms with E-state index in [1.807, 2.05) is 57.2 Å². The molecule has 0 saturated carbocycles. The smallest absolute Gasteiger partial charge is 0.251 e. The molecule has 2 aromatic carbocycles. The van der Waals surface area contributed by atoms with Crippen LogP contribution in [0.25, 0.3) is 11.0 Å². The van der Waals surface area contributed by atoms with Crippen molar-refractivity contribution in [3.8, 4) is 0 Å². The minimum atomic E-state index is -0.668. The summed E-state index contributed by atoms with van der Waals surface area (Å²) in [6.45, 7) is 7.65. The molecule has 0 bridgehead atoms. The van der Waals surface area contributed by atoms with Crippen LogP contribution in [0, 0.1) is 12.8 Å². The van der Waals surface area contributed by atoms with E-state index in [-0.39, 0.29) is 23.8 Å². The third kappa shape index (κ3) is 4.39. The monoisotopic (exact) mass is 378 g/mol. The molecule has 28 heavy (non-hydrogen) atoms. The molecule has 0 aliphatic carbocycles. The van der Waals surface area contributed by atoms with Crippen molar-refractivity contribution in [1.29, 1.82) is 0 Å². The molecule has 0 aliphatic heterocycles. The minimum absolute atomic E-state index is 0.129. The number of imidazole rings is 1. The zero-order valence-corrected chi connectivity index (χ0v) is 16.6. The van der Waals surface area contributed by atoms with Crippen LogP contribution in [0.4, 0.5) is 0 Å². The number of carbonyl (C=O) groups excluding carboxylic acids is 2. The zero-order chi connectivity index (χ0) is 20.3. The molecule has 0 radical (unpaired) electrons. The summed E-state index contributed by atoms with van der Waals surface area (Å²) in [5.74, 6) is 0.322. The lowest BCUT2D eigenvalue weighted by molar-refractivity contribution is -0.123. The van der Waals surface area contributed by atoms with Gasteiger partial charge in [0, 0.05) is 5.56 Å². The molecule has 3 N–H and O–H groups in total. The van der Waals surface area contributed by atoms with Crippen LogP contribution in [0.3, 0.4) is 0 Å². The first-order valence-corrected chi connectivity index (χ1v) is 9.47. The summed E-state index contributed by atoms with van der Waals surface area (Å²) in [4.78, 5) is 33.0. The summed E-state index contributed by atoms with van der Waals surface area (Å²) < 4.78 is 0. The van der Waals surface area contributed by atoms with Gasteiger partial charge in [-0.05, 0) is 44.0 Å². The molecule has 146 valence electrons. The lowest BCUT2D eigenvalue weighted by Crippen LogP contribution is -2.46. The normalized spacial score (nSPS) is 13.3. The fraction of sp³-hybridized carbons (Fsp3) is 0.318. The number of nitrogens with zero attached hydrogens (tertiary/aromatic N) is 1. The van der Waals surface area contributed by atoms with Crippen molar-refractivity contribution < 1.29 is 9.59 Å². The van der Waals surface area contributed by atoms with Gasteiger partial charge in [-0.1, -0.05) is 43.7 Å². The first-order chi connectivity index (χ1) is 13.3. The van der Waals surface area contributed by atoms with Crippen LogP contribution >= 0.6 is 0 Å². The van der Waals surface area contributed by atoms with Crippen molar-refractivity contribution in [1.82, 2.24) is 20.6 Å². The van der Waals surface area contributed by atoms with Crippen molar-refractivity contribution in [3.05, 3.63) is 65.5 Å². The van der Waals surface area contributed by atoms with Crippen molar-refractivity contribution in [2.45, 2.75) is 39.8 Å². The van der Waals surface area contributed by atoms with E-state index in [1.54, 1.807) is 19.1 Å². The maximum Gasteiger partial charge on any atom is 0.251 e. The Hall–Kier alpha value is -3.15. The van der Waals surface area contributed by atoms with Gasteiger partial charge in [0.15, 0.2) is 0 Å². The molecule has 0 unspecified atom stereocenters.